The van der Waals surface area contributed by atoms with Crippen molar-refractivity contribution < 1.29 is 14.7 Å². The largest absolute Gasteiger partial charge is 0.477 e. The molecule has 0 radical (unpaired) electrons. The average Bonchev–Trinajstić information content (AvgIpc) is 3.49. The Kier molecular flexibility index (Phi) is 9.61. The minimum atomic E-state index is -0.957. The highest BCUT2D eigenvalue weighted by Crippen LogP contribution is 2.43. The average molecular weight is 561 g/mol. The number of aromatic carboxylic acids is 1. The summed E-state index contributed by atoms with van der Waals surface area (Å²) in [6, 6.07) is 8.05. The number of aryl methyl sites for hydroxylation is 1. The number of carbonyl (C=O) groups excluding carboxylic acids is 1. The van der Waals surface area contributed by atoms with Crippen molar-refractivity contribution in [2.24, 2.45) is 0 Å². The van der Waals surface area contributed by atoms with Crippen LogP contribution in [0.1, 0.15) is 72.4 Å². The molecule has 1 aromatic carbocycles. The number of aromatic nitrogens is 1. The van der Waals surface area contributed by atoms with Crippen molar-refractivity contribution in [2.75, 3.05) is 24.5 Å². The summed E-state index contributed by atoms with van der Waals surface area (Å²) in [5.74, 6) is -0.497. The number of carboxylic acids is 1. The van der Waals surface area contributed by atoms with Gasteiger partial charge in [-0.05, 0) is 41.7 Å². The van der Waals surface area contributed by atoms with E-state index in [1.165, 1.54) is 21.8 Å². The van der Waals surface area contributed by atoms with E-state index in [1.807, 2.05) is 11.8 Å². The molecule has 2 aliphatic rings. The fraction of sp³-hybridized carbons (Fsp3) is 0.519. The van der Waals surface area contributed by atoms with Crippen LogP contribution < -0.4 is 10.2 Å². The van der Waals surface area contributed by atoms with Gasteiger partial charge in [0, 0.05) is 26.2 Å². The molecule has 200 valence electrons. The second-order valence-electron chi connectivity index (χ2n) is 9.74. The number of thioether (sulfide) groups is 1. The van der Waals surface area contributed by atoms with Gasteiger partial charge in [-0.2, -0.15) is 0 Å². The zero-order valence-corrected chi connectivity index (χ0v) is 24.3. The van der Waals surface area contributed by atoms with Gasteiger partial charge in [0.05, 0.1) is 10.3 Å². The number of anilines is 1. The lowest BCUT2D eigenvalue weighted by molar-refractivity contribution is -0.124. The number of nitrogens with zero attached hydrogens (tertiary/aromatic N) is 3. The van der Waals surface area contributed by atoms with Gasteiger partial charge >= 0.3 is 5.97 Å². The predicted octanol–water partition coefficient (Wildman–Crippen LogP) is 5.88. The molecule has 10 heteroatoms. The molecule has 1 fully saturated rings. The minimum Gasteiger partial charge on any atom is -0.477 e. The zero-order chi connectivity index (χ0) is 26.5. The van der Waals surface area contributed by atoms with E-state index in [0.717, 1.165) is 24.8 Å². The van der Waals surface area contributed by atoms with E-state index in [9.17, 15) is 14.7 Å². The maximum Gasteiger partial charge on any atom is 0.347 e. The van der Waals surface area contributed by atoms with Gasteiger partial charge in [-0.25, -0.2) is 14.1 Å². The number of rotatable bonds is 10. The van der Waals surface area contributed by atoms with Crippen LogP contribution in [0.2, 0.25) is 0 Å². The Bertz CT molecular complexity index is 1130. The van der Waals surface area contributed by atoms with Crippen LogP contribution >= 0.6 is 35.0 Å². The molecular formula is C27H36N4O3S3. The molecule has 3 heterocycles. The van der Waals surface area contributed by atoms with Crippen molar-refractivity contribution in [3.05, 3.63) is 56.9 Å². The molecular weight excluding hydrogens is 525 g/mol. The van der Waals surface area contributed by atoms with E-state index in [0.29, 0.717) is 47.5 Å². The number of carbonyl (C=O) groups is 2. The van der Waals surface area contributed by atoms with Gasteiger partial charge in [0.25, 0.3) is 0 Å². The van der Waals surface area contributed by atoms with Crippen LogP contribution in [-0.2, 0) is 11.3 Å². The van der Waals surface area contributed by atoms with Gasteiger partial charge in [0.1, 0.15) is 10.9 Å². The molecule has 1 unspecified atom stereocenters. The highest BCUT2D eigenvalue weighted by Gasteiger charge is 2.36. The highest BCUT2D eigenvalue weighted by atomic mass is 32.2. The van der Waals surface area contributed by atoms with E-state index in [1.54, 1.807) is 18.9 Å². The van der Waals surface area contributed by atoms with Crippen molar-refractivity contribution >= 4 is 52.1 Å². The van der Waals surface area contributed by atoms with E-state index in [2.05, 4.69) is 70.6 Å². The Balaban J connectivity index is 1.45. The van der Waals surface area contributed by atoms with Crippen LogP contribution in [0, 0.1) is 6.92 Å². The molecule has 2 N–H and O–H groups in total. The van der Waals surface area contributed by atoms with Gasteiger partial charge < -0.3 is 15.3 Å². The number of hydrogen-bond donors (Lipinski definition) is 2. The summed E-state index contributed by atoms with van der Waals surface area (Å²) in [7, 11) is 0. The molecule has 2 atom stereocenters. The lowest BCUT2D eigenvalue weighted by atomic mass is 10.0. The minimum absolute atomic E-state index is 0.0124. The molecule has 0 bridgehead atoms. The van der Waals surface area contributed by atoms with Crippen LogP contribution in [0.25, 0.3) is 0 Å². The Hall–Kier alpha value is -2.01. The van der Waals surface area contributed by atoms with Gasteiger partial charge in [-0.15, -0.1) is 11.8 Å². The van der Waals surface area contributed by atoms with E-state index in [-0.39, 0.29) is 16.8 Å². The number of benzene rings is 1. The van der Waals surface area contributed by atoms with Crippen molar-refractivity contribution in [2.45, 2.75) is 70.0 Å². The van der Waals surface area contributed by atoms with Gasteiger partial charge in [-0.3, -0.25) is 4.79 Å². The summed E-state index contributed by atoms with van der Waals surface area (Å²) in [5.41, 5.74) is 2.88. The lowest BCUT2D eigenvalue weighted by Crippen LogP contribution is -2.57. The molecule has 1 saturated heterocycles. The summed E-state index contributed by atoms with van der Waals surface area (Å²) in [6.07, 6.45) is 5.60. The quantitative estimate of drug-likeness (QED) is 0.349. The number of carboxylic acid groups (broad SMARTS) is 1. The maximum absolute atomic E-state index is 13.5. The third-order valence-corrected chi connectivity index (χ3v) is 10.6. The summed E-state index contributed by atoms with van der Waals surface area (Å²) in [6.45, 7) is 10.6. The second-order valence-corrected chi connectivity index (χ2v) is 13.6. The van der Waals surface area contributed by atoms with Crippen LogP contribution in [0.4, 0.5) is 5.13 Å². The fourth-order valence-corrected chi connectivity index (χ4v) is 8.28. The molecule has 2 aromatic rings. The first-order chi connectivity index (χ1) is 17.7. The monoisotopic (exact) mass is 560 g/mol. The number of piperazine rings is 1. The van der Waals surface area contributed by atoms with Gasteiger partial charge in [0.15, 0.2) is 5.13 Å². The Morgan fingerprint density at radius 1 is 1.24 bits per heavy atom. The standard InChI is InChI=1S/C27H36N4O3S3/c1-5-6-21-11-12-23(35-21)37-31-14-13-30(27-29-18(4)24(36-27)26(33)34)16-22(31)25(32)28-15-19-7-9-20(10-8-19)17(2)3/h7-11,17,22-23H,5-6,12-16H2,1-4H3,(H,28,32)(H,33,34)/t22-,23?/m1/s1. The first-order valence-corrected chi connectivity index (χ1v) is 15.4. The summed E-state index contributed by atoms with van der Waals surface area (Å²) in [5, 5.41) is 13.3. The number of nitrogens with one attached hydrogen (secondary N) is 1. The van der Waals surface area contributed by atoms with Crippen LogP contribution in [0.3, 0.4) is 0 Å². The van der Waals surface area contributed by atoms with Crippen LogP contribution in [-0.4, -0.2) is 56.5 Å². The summed E-state index contributed by atoms with van der Waals surface area (Å²) >= 11 is 4.89. The second kappa shape index (κ2) is 12.7. The SMILES string of the molecule is CCCC1=CCC(SN2CCN(c3nc(C)c(C(=O)O)s3)C[C@@H]2C(=O)NCc2ccc(C(C)C)cc2)S1. The van der Waals surface area contributed by atoms with Crippen molar-refractivity contribution in [1.29, 1.82) is 0 Å². The van der Waals surface area contributed by atoms with Crippen LogP contribution in [0.5, 0.6) is 0 Å². The number of allylic oxidation sites excluding steroid dienone is 2. The van der Waals surface area contributed by atoms with E-state index < -0.39 is 5.97 Å². The fourth-order valence-electron chi connectivity index (χ4n) is 4.44. The molecule has 0 spiro atoms. The maximum atomic E-state index is 13.5. The lowest BCUT2D eigenvalue weighted by Gasteiger charge is -2.40. The Morgan fingerprint density at radius 2 is 2.00 bits per heavy atom. The van der Waals surface area contributed by atoms with Crippen molar-refractivity contribution in [3.63, 3.8) is 0 Å². The predicted molar refractivity (Wildman–Crippen MR) is 155 cm³/mol. The summed E-state index contributed by atoms with van der Waals surface area (Å²) in [4.78, 5) is 33.4. The number of thiazole rings is 1. The smallest absolute Gasteiger partial charge is 0.347 e. The molecule has 1 amide bonds. The van der Waals surface area contributed by atoms with Crippen LogP contribution in [0.15, 0.2) is 35.2 Å². The number of amides is 1. The first-order valence-electron chi connectivity index (χ1n) is 12.9. The molecule has 0 aliphatic carbocycles. The summed E-state index contributed by atoms with van der Waals surface area (Å²) < 4.78 is 2.61. The molecule has 0 saturated carbocycles. The Morgan fingerprint density at radius 3 is 2.65 bits per heavy atom. The molecule has 37 heavy (non-hydrogen) atoms. The molecule has 4 rings (SSSR count). The van der Waals surface area contributed by atoms with E-state index in [4.69, 9.17) is 0 Å². The zero-order valence-electron chi connectivity index (χ0n) is 21.9. The number of hydrogen-bond acceptors (Lipinski definition) is 8. The molecule has 7 nitrogen and oxygen atoms in total. The van der Waals surface area contributed by atoms with Crippen molar-refractivity contribution in [3.8, 4) is 0 Å². The van der Waals surface area contributed by atoms with Gasteiger partial charge in [0.2, 0.25) is 5.91 Å². The van der Waals surface area contributed by atoms with Gasteiger partial charge in [-0.1, -0.05) is 80.8 Å². The third-order valence-electron chi connectivity index (χ3n) is 6.57. The van der Waals surface area contributed by atoms with Crippen molar-refractivity contribution in [1.82, 2.24) is 14.6 Å². The molecule has 1 aromatic heterocycles. The highest BCUT2D eigenvalue weighted by molar-refractivity contribution is 8.18. The third kappa shape index (κ3) is 7.10. The van der Waals surface area contributed by atoms with E-state index >= 15 is 0 Å². The first kappa shape index (κ1) is 28.0. The Labute approximate surface area is 232 Å². The normalized spacial score (nSPS) is 20.4. The molecule has 2 aliphatic heterocycles. The topological polar surface area (TPSA) is 85.8 Å².